The summed E-state index contributed by atoms with van der Waals surface area (Å²) in [6, 6.07) is 122. The molecule has 508 valence electrons. The van der Waals surface area contributed by atoms with E-state index in [-0.39, 0.29) is 0 Å². The predicted molar refractivity (Wildman–Crippen MR) is 429 cm³/mol. The van der Waals surface area contributed by atoms with E-state index in [4.69, 9.17) is 44.9 Å². The van der Waals surface area contributed by atoms with E-state index in [1.54, 1.807) is 0 Å². The molecular formula is C94H72N12. The average Bonchev–Trinajstić information content (AvgIpc) is 0.830. The van der Waals surface area contributed by atoms with E-state index in [1.165, 1.54) is 38.9 Å². The van der Waals surface area contributed by atoms with Crippen LogP contribution >= 0.6 is 0 Å². The van der Waals surface area contributed by atoms with Gasteiger partial charge in [0.25, 0.3) is 0 Å². The van der Waals surface area contributed by atoms with Gasteiger partial charge >= 0.3 is 0 Å². The van der Waals surface area contributed by atoms with Gasteiger partial charge in [0, 0.05) is 61.2 Å². The van der Waals surface area contributed by atoms with E-state index < -0.39 is 0 Å². The highest BCUT2D eigenvalue weighted by molar-refractivity contribution is 5.73. The minimum atomic E-state index is 0.670. The molecule has 0 amide bonds. The van der Waals surface area contributed by atoms with Crippen molar-refractivity contribution in [2.24, 2.45) is 0 Å². The van der Waals surface area contributed by atoms with Gasteiger partial charge in [-0.25, -0.2) is 59.8 Å². The van der Waals surface area contributed by atoms with Gasteiger partial charge in [-0.1, -0.05) is 375 Å². The average molecular weight is 1370 g/mol. The molecule has 0 saturated heterocycles. The number of nitrogens with zero attached hydrogens (tertiary/aromatic N) is 12. The first-order chi connectivity index (χ1) is 52.1. The van der Waals surface area contributed by atoms with Crippen molar-refractivity contribution in [3.63, 3.8) is 0 Å². The molecule has 0 spiro atoms. The van der Waals surface area contributed by atoms with Gasteiger partial charge in [0.05, 0.1) is 0 Å². The van der Waals surface area contributed by atoms with Crippen molar-refractivity contribution in [3.05, 3.63) is 386 Å². The van der Waals surface area contributed by atoms with Crippen LogP contribution < -0.4 is 0 Å². The number of aryl methyl sites for hydroxylation is 4. The van der Waals surface area contributed by atoms with Crippen LogP contribution in [0, 0.1) is 27.7 Å². The molecule has 0 aliphatic carbocycles. The second-order valence-electron chi connectivity index (χ2n) is 25.1. The van der Waals surface area contributed by atoms with Crippen LogP contribution in [0.15, 0.2) is 364 Å². The fourth-order valence-electron chi connectivity index (χ4n) is 11.6. The van der Waals surface area contributed by atoms with Crippen LogP contribution in [-0.4, -0.2) is 59.8 Å². The molecule has 17 aromatic rings. The number of hydrogen-bond acceptors (Lipinski definition) is 12. The molecule has 13 aromatic carbocycles. The largest absolute Gasteiger partial charge is 0.213 e. The van der Waals surface area contributed by atoms with Crippen molar-refractivity contribution < 1.29 is 0 Å². The predicted octanol–water partition coefficient (Wildman–Crippen LogP) is 22.4. The third kappa shape index (κ3) is 17.8. The monoisotopic (exact) mass is 1370 g/mol. The van der Waals surface area contributed by atoms with E-state index in [2.05, 4.69) is 169 Å². The summed E-state index contributed by atoms with van der Waals surface area (Å²) in [6.07, 6.45) is 0. The molecule has 0 fully saturated rings. The van der Waals surface area contributed by atoms with Crippen molar-refractivity contribution in [1.29, 1.82) is 0 Å². The minimum absolute atomic E-state index is 0.670. The van der Waals surface area contributed by atoms with Gasteiger partial charge in [-0.05, 0) is 56.0 Å². The molecule has 0 aliphatic rings. The highest BCUT2D eigenvalue weighted by atomic mass is 15.1. The first-order valence-corrected chi connectivity index (χ1v) is 35.0. The molecule has 0 unspecified atom stereocenters. The van der Waals surface area contributed by atoms with Crippen LogP contribution in [0.1, 0.15) is 22.5 Å². The zero-order valence-electron chi connectivity index (χ0n) is 59.0. The number of rotatable bonds is 13. The summed E-state index contributed by atoms with van der Waals surface area (Å²) in [5, 5.41) is 0. The summed E-state index contributed by atoms with van der Waals surface area (Å²) in [7, 11) is 0. The fraction of sp³-hybridized carbons (Fsp3) is 0.0426. The summed E-state index contributed by atoms with van der Waals surface area (Å²) in [4.78, 5) is 56.3. The lowest BCUT2D eigenvalue weighted by atomic mass is 10.0. The molecule has 106 heavy (non-hydrogen) atoms. The Kier molecular flexibility index (Phi) is 21.9. The van der Waals surface area contributed by atoms with Gasteiger partial charge in [-0.2, -0.15) is 0 Å². The Hall–Kier alpha value is -14.1. The van der Waals surface area contributed by atoms with E-state index in [1.807, 2.05) is 237 Å². The van der Waals surface area contributed by atoms with Gasteiger partial charge in [0.1, 0.15) is 5.82 Å². The molecule has 12 nitrogen and oxygen atoms in total. The van der Waals surface area contributed by atoms with Crippen molar-refractivity contribution in [3.8, 4) is 148 Å². The Morgan fingerprint density at radius 1 is 0.123 bits per heavy atom. The SMILES string of the molecule is Cc1ccc(-c2nc(-c3ccccc3)nc(-c3ccc(-c4ccccc4)cc3)n2)cc1.Cc1ccc(-c2nc(-c3ccccc3)nc(-c3ccccc3)n2)cc1.Cc1cccc(-c2nc(-c3ccccc3)nc(-c3ccccc3)n2)c1.Cc1nc(-c2ccccc2)nc(-c2ccc(-c3ccccc3)cc2)n1. The third-order valence-corrected chi connectivity index (χ3v) is 17.2. The Morgan fingerprint density at radius 2 is 0.283 bits per heavy atom. The fourth-order valence-corrected chi connectivity index (χ4v) is 11.6. The second kappa shape index (κ2) is 33.6. The number of benzene rings is 13. The van der Waals surface area contributed by atoms with E-state index >= 15 is 0 Å². The van der Waals surface area contributed by atoms with Crippen LogP contribution in [0.5, 0.6) is 0 Å². The van der Waals surface area contributed by atoms with Crippen molar-refractivity contribution in [2.45, 2.75) is 27.7 Å². The van der Waals surface area contributed by atoms with E-state index in [0.717, 1.165) is 67.0 Å². The number of aromatic nitrogens is 12. The third-order valence-electron chi connectivity index (χ3n) is 17.2. The van der Waals surface area contributed by atoms with Crippen molar-refractivity contribution in [1.82, 2.24) is 59.8 Å². The summed E-state index contributed by atoms with van der Waals surface area (Å²) >= 11 is 0. The van der Waals surface area contributed by atoms with Crippen LogP contribution in [0.2, 0.25) is 0 Å². The molecule has 0 saturated carbocycles. The Bertz CT molecular complexity index is 5560. The summed E-state index contributed by atoms with van der Waals surface area (Å²) in [5.74, 6) is 8.27. The van der Waals surface area contributed by atoms with Crippen LogP contribution in [-0.2, 0) is 0 Å². The molecule has 0 radical (unpaired) electrons. The maximum absolute atomic E-state index is 4.81. The standard InChI is InChI=1S/C28H21N3.3C22H17N3/c1-20-12-14-24(15-13-20)27-29-26(23-10-6-3-7-11-23)30-28(31-27)25-18-16-22(17-19-25)21-8-4-2-5-9-21;1-16-9-8-14-19(15-16)22-24-20(17-10-4-2-5-11-17)23-21(25-22)18-12-6-3-7-13-18;1-16-23-21(19-10-6-3-7-11-19)25-22(24-16)20-14-12-18(13-15-20)17-8-4-2-5-9-17;1-16-12-14-19(15-13-16)22-24-20(17-8-4-2-5-9-17)23-21(25-22)18-10-6-3-7-11-18/h2-19H,1H3;3*2-15H,1H3. The van der Waals surface area contributed by atoms with E-state index in [0.29, 0.717) is 64.1 Å². The molecule has 0 N–H and O–H groups in total. The summed E-state index contributed by atoms with van der Waals surface area (Å²) in [6.45, 7) is 8.12. The molecule has 12 heteroatoms. The molecule has 0 bridgehead atoms. The van der Waals surface area contributed by atoms with Gasteiger partial charge in [-0.15, -0.1) is 0 Å². The lowest BCUT2D eigenvalue weighted by Crippen LogP contribution is -2.00. The van der Waals surface area contributed by atoms with Gasteiger partial charge in [0.2, 0.25) is 0 Å². The van der Waals surface area contributed by atoms with Crippen molar-refractivity contribution in [2.75, 3.05) is 0 Å². The summed E-state index contributed by atoms with van der Waals surface area (Å²) < 4.78 is 0. The lowest BCUT2D eigenvalue weighted by Gasteiger charge is -2.09. The summed E-state index contributed by atoms with van der Waals surface area (Å²) in [5.41, 5.74) is 19.2. The molecule has 0 aliphatic heterocycles. The normalized spacial score (nSPS) is 10.6. The maximum atomic E-state index is 4.81. The number of hydrogen-bond donors (Lipinski definition) is 0. The zero-order valence-corrected chi connectivity index (χ0v) is 59.0. The second-order valence-corrected chi connectivity index (χ2v) is 25.1. The molecule has 0 atom stereocenters. The first-order valence-electron chi connectivity index (χ1n) is 35.0. The molecule has 4 aromatic heterocycles. The Balaban J connectivity index is 0.000000119. The maximum Gasteiger partial charge on any atom is 0.164 e. The lowest BCUT2D eigenvalue weighted by molar-refractivity contribution is 0.992. The van der Waals surface area contributed by atoms with E-state index in [9.17, 15) is 0 Å². The molecule has 17 rings (SSSR count). The smallest absolute Gasteiger partial charge is 0.164 e. The molecular weight excluding hydrogens is 1300 g/mol. The van der Waals surface area contributed by atoms with Gasteiger partial charge < -0.3 is 0 Å². The Labute approximate surface area is 617 Å². The van der Waals surface area contributed by atoms with Crippen LogP contribution in [0.4, 0.5) is 0 Å². The van der Waals surface area contributed by atoms with Gasteiger partial charge in [0.15, 0.2) is 64.1 Å². The highest BCUT2D eigenvalue weighted by Crippen LogP contribution is 2.31. The topological polar surface area (TPSA) is 155 Å². The van der Waals surface area contributed by atoms with Gasteiger partial charge in [-0.3, -0.25) is 0 Å². The Morgan fingerprint density at radius 3 is 0.509 bits per heavy atom. The van der Waals surface area contributed by atoms with Crippen molar-refractivity contribution >= 4 is 0 Å². The van der Waals surface area contributed by atoms with Crippen LogP contribution in [0.25, 0.3) is 148 Å². The van der Waals surface area contributed by atoms with Crippen LogP contribution in [0.3, 0.4) is 0 Å². The minimum Gasteiger partial charge on any atom is -0.213 e. The first kappa shape index (κ1) is 69.0. The quantitative estimate of drug-likeness (QED) is 0.108. The zero-order chi connectivity index (χ0) is 72.2. The highest BCUT2D eigenvalue weighted by Gasteiger charge is 2.17. The molecule has 4 heterocycles.